The molecule has 35 heavy (non-hydrogen) atoms. The minimum Gasteiger partial charge on any atom is -0.368 e. The van der Waals surface area contributed by atoms with Gasteiger partial charge in [-0.25, -0.2) is 4.98 Å². The van der Waals surface area contributed by atoms with E-state index < -0.39 is 11.7 Å². The second-order valence-electron chi connectivity index (χ2n) is 9.08. The Labute approximate surface area is 199 Å². The van der Waals surface area contributed by atoms with Gasteiger partial charge in [0.25, 0.3) is 11.5 Å². The molecule has 0 bridgehead atoms. The summed E-state index contributed by atoms with van der Waals surface area (Å²) in [5.74, 6) is -0.240. The van der Waals surface area contributed by atoms with Crippen LogP contribution in [0.5, 0.6) is 0 Å². The molecule has 2 aliphatic rings. The van der Waals surface area contributed by atoms with E-state index in [1.54, 1.807) is 34.1 Å². The number of rotatable bonds is 4. The highest BCUT2D eigenvalue weighted by Gasteiger charge is 2.38. The Morgan fingerprint density at radius 1 is 1.06 bits per heavy atom. The number of amides is 1. The number of aryl methyl sites for hydroxylation is 1. The van der Waals surface area contributed by atoms with Crippen molar-refractivity contribution in [3.8, 4) is 5.69 Å². The second-order valence-corrected chi connectivity index (χ2v) is 9.08. The highest BCUT2D eigenvalue weighted by atomic mass is 19.4. The third-order valence-corrected chi connectivity index (χ3v) is 6.88. The highest BCUT2D eigenvalue weighted by molar-refractivity contribution is 5.93. The number of benzene rings is 1. The Morgan fingerprint density at radius 2 is 1.80 bits per heavy atom. The predicted octanol–water partition coefficient (Wildman–Crippen LogP) is 4.13. The van der Waals surface area contributed by atoms with Crippen LogP contribution in [-0.2, 0) is 17.5 Å². The summed E-state index contributed by atoms with van der Waals surface area (Å²) in [6.45, 7) is 4.47. The summed E-state index contributed by atoms with van der Waals surface area (Å²) >= 11 is 0. The van der Waals surface area contributed by atoms with Crippen molar-refractivity contribution in [2.75, 3.05) is 6.54 Å². The number of fused-ring (bicyclic) bond motifs is 1. The van der Waals surface area contributed by atoms with Crippen LogP contribution in [0.15, 0.2) is 53.7 Å². The minimum absolute atomic E-state index is 0.240. The van der Waals surface area contributed by atoms with Crippen LogP contribution in [0.1, 0.15) is 53.2 Å². The summed E-state index contributed by atoms with van der Waals surface area (Å²) in [6.07, 6.45) is -0.277. The number of aromatic nitrogens is 3. The Bertz CT molecular complexity index is 1310. The van der Waals surface area contributed by atoms with Gasteiger partial charge in [-0.15, -0.1) is 0 Å². The molecule has 0 radical (unpaired) electrons. The van der Waals surface area contributed by atoms with Gasteiger partial charge in [-0.3, -0.25) is 9.59 Å². The Balaban J connectivity index is 1.30. The van der Waals surface area contributed by atoms with Crippen LogP contribution in [0.4, 0.5) is 13.2 Å². The van der Waals surface area contributed by atoms with E-state index in [2.05, 4.69) is 4.98 Å². The summed E-state index contributed by atoms with van der Waals surface area (Å²) in [7, 11) is 0. The van der Waals surface area contributed by atoms with E-state index in [1.165, 1.54) is 16.7 Å². The largest absolute Gasteiger partial charge is 0.416 e. The van der Waals surface area contributed by atoms with E-state index >= 15 is 0 Å². The number of carbonyl (C=O) groups excluding carboxylic acids is 1. The molecule has 0 aliphatic carbocycles. The van der Waals surface area contributed by atoms with Crippen molar-refractivity contribution >= 4 is 5.91 Å². The molecule has 3 atom stereocenters. The van der Waals surface area contributed by atoms with Crippen molar-refractivity contribution in [1.82, 2.24) is 19.0 Å². The topological polar surface area (TPSA) is 69.4 Å². The number of alkyl halides is 3. The number of hydrogen-bond donors (Lipinski definition) is 0. The van der Waals surface area contributed by atoms with Gasteiger partial charge in [-0.2, -0.15) is 13.2 Å². The number of pyridine rings is 1. The van der Waals surface area contributed by atoms with Gasteiger partial charge < -0.3 is 18.8 Å². The number of nitrogens with zero attached hydrogens (tertiary/aromatic N) is 4. The molecule has 1 fully saturated rings. The smallest absolute Gasteiger partial charge is 0.368 e. The molecule has 5 rings (SSSR count). The summed E-state index contributed by atoms with van der Waals surface area (Å²) in [4.78, 5) is 32.2. The maximum Gasteiger partial charge on any atom is 0.416 e. The van der Waals surface area contributed by atoms with Crippen molar-refractivity contribution in [1.29, 1.82) is 0 Å². The molecule has 1 aromatic carbocycles. The van der Waals surface area contributed by atoms with E-state index in [0.29, 0.717) is 42.9 Å². The Kier molecular flexibility index (Phi) is 5.79. The van der Waals surface area contributed by atoms with E-state index in [9.17, 15) is 22.8 Å². The maximum absolute atomic E-state index is 13.3. The van der Waals surface area contributed by atoms with Gasteiger partial charge in [0.05, 0.1) is 35.8 Å². The van der Waals surface area contributed by atoms with Crippen LogP contribution in [0.3, 0.4) is 0 Å². The van der Waals surface area contributed by atoms with Crippen LogP contribution >= 0.6 is 0 Å². The van der Waals surface area contributed by atoms with Crippen molar-refractivity contribution < 1.29 is 22.7 Å². The first-order valence-electron chi connectivity index (χ1n) is 11.5. The highest BCUT2D eigenvalue weighted by Crippen LogP contribution is 2.37. The third kappa shape index (κ3) is 4.27. The molecule has 10 heteroatoms. The van der Waals surface area contributed by atoms with E-state index in [1.807, 2.05) is 13.8 Å². The molecule has 0 spiro atoms. The van der Waals surface area contributed by atoms with Crippen molar-refractivity contribution in [3.05, 3.63) is 81.8 Å². The zero-order valence-electron chi connectivity index (χ0n) is 19.3. The molecule has 4 heterocycles. The fourth-order valence-corrected chi connectivity index (χ4v) is 4.92. The van der Waals surface area contributed by atoms with Crippen LogP contribution < -0.4 is 5.56 Å². The average Bonchev–Trinajstić information content (AvgIpc) is 3.49. The van der Waals surface area contributed by atoms with Gasteiger partial charge in [-0.1, -0.05) is 12.1 Å². The summed E-state index contributed by atoms with van der Waals surface area (Å²) in [5, 5.41) is 0. The predicted molar refractivity (Wildman–Crippen MR) is 121 cm³/mol. The van der Waals surface area contributed by atoms with Gasteiger partial charge in [0.2, 0.25) is 0 Å². The fraction of sp³-hybridized carbons (Fsp3) is 0.400. The lowest BCUT2D eigenvalue weighted by atomic mass is 10.0. The normalized spacial score (nSPS) is 21.3. The first-order valence-corrected chi connectivity index (χ1v) is 11.5. The number of ether oxygens (including phenoxy) is 1. The molecule has 7 nitrogen and oxygen atoms in total. The van der Waals surface area contributed by atoms with Crippen molar-refractivity contribution in [2.45, 2.75) is 57.7 Å². The first-order chi connectivity index (χ1) is 16.6. The van der Waals surface area contributed by atoms with Gasteiger partial charge in [0, 0.05) is 19.3 Å². The number of carbonyl (C=O) groups is 1. The molecule has 1 unspecified atom stereocenters. The van der Waals surface area contributed by atoms with E-state index in [4.69, 9.17) is 4.74 Å². The minimum atomic E-state index is -4.38. The molecule has 3 aromatic rings. The second kappa shape index (κ2) is 8.67. The molecule has 1 saturated heterocycles. The SMILES string of the molecule is Cc1cn(-c2ccc3n(c2=O)CCN([C@@H](C)C2CC[C@H](c4ccc(C(F)(F)F)cc4)O2)C3=O)cn1. The monoisotopic (exact) mass is 486 g/mol. The van der Waals surface area contributed by atoms with Crippen LogP contribution in [0.25, 0.3) is 5.69 Å². The number of hydrogen-bond acceptors (Lipinski definition) is 4. The van der Waals surface area contributed by atoms with Gasteiger partial charge >= 0.3 is 6.18 Å². The number of halogens is 3. The molecule has 2 aliphatic heterocycles. The van der Waals surface area contributed by atoms with Crippen molar-refractivity contribution in [2.24, 2.45) is 0 Å². The lowest BCUT2D eigenvalue weighted by Crippen LogP contribution is -2.52. The van der Waals surface area contributed by atoms with Gasteiger partial charge in [0.1, 0.15) is 11.4 Å². The molecular weight excluding hydrogens is 461 g/mol. The molecule has 2 aromatic heterocycles. The third-order valence-electron chi connectivity index (χ3n) is 6.88. The lowest BCUT2D eigenvalue weighted by Gasteiger charge is -2.37. The Morgan fingerprint density at radius 3 is 2.46 bits per heavy atom. The summed E-state index contributed by atoms with van der Waals surface area (Å²) in [5.41, 5.74) is 1.29. The molecule has 0 N–H and O–H groups in total. The zero-order valence-corrected chi connectivity index (χ0v) is 19.3. The lowest BCUT2D eigenvalue weighted by molar-refractivity contribution is -0.137. The average molecular weight is 486 g/mol. The van der Waals surface area contributed by atoms with Crippen LogP contribution in [0.2, 0.25) is 0 Å². The van der Waals surface area contributed by atoms with Gasteiger partial charge in [-0.05, 0) is 56.5 Å². The quantitative estimate of drug-likeness (QED) is 0.556. The fourth-order valence-electron chi connectivity index (χ4n) is 4.92. The molecule has 184 valence electrons. The molecule has 1 amide bonds. The zero-order chi connectivity index (χ0) is 24.9. The first kappa shape index (κ1) is 23.3. The van der Waals surface area contributed by atoms with E-state index in [0.717, 1.165) is 17.8 Å². The summed E-state index contributed by atoms with van der Waals surface area (Å²) in [6, 6.07) is 8.09. The van der Waals surface area contributed by atoms with Gasteiger partial charge in [0.15, 0.2) is 0 Å². The van der Waals surface area contributed by atoms with Crippen molar-refractivity contribution in [3.63, 3.8) is 0 Å². The Hall–Kier alpha value is -3.40. The van der Waals surface area contributed by atoms with E-state index in [-0.39, 0.29) is 29.7 Å². The molecular formula is C25H25F3N4O3. The standard InChI is InChI=1S/C25H25F3N4O3/c1-15-13-30(14-29-15)19-7-8-20-24(34)31(11-12-32(20)23(19)33)16(2)21-9-10-22(35-21)17-3-5-18(6-4-17)25(26,27)28/h3-8,13-14,16,21-22H,9-12H2,1-2H3/t16-,21?,22+/m0/s1. The summed E-state index contributed by atoms with van der Waals surface area (Å²) < 4.78 is 47.9. The van der Waals surface area contributed by atoms with Crippen LogP contribution in [0, 0.1) is 6.92 Å². The maximum atomic E-state index is 13.3. The number of imidazole rings is 1. The molecule has 0 saturated carbocycles. The van der Waals surface area contributed by atoms with Crippen LogP contribution in [-0.4, -0.2) is 43.6 Å².